The monoisotopic (exact) mass is 443 g/mol. The molecular formula is C18H37NO11. The summed E-state index contributed by atoms with van der Waals surface area (Å²) in [5, 5.41) is 37.0. The van der Waals surface area contributed by atoms with Crippen LogP contribution in [0.1, 0.15) is 33.1 Å². The molecule has 12 nitrogen and oxygen atoms in total. The molecule has 0 saturated carbocycles. The lowest BCUT2D eigenvalue weighted by molar-refractivity contribution is -0.181. The summed E-state index contributed by atoms with van der Waals surface area (Å²) in [6.45, 7) is 3.19. The van der Waals surface area contributed by atoms with E-state index in [-0.39, 0.29) is 51.6 Å². The molecule has 30 heavy (non-hydrogen) atoms. The summed E-state index contributed by atoms with van der Waals surface area (Å²) >= 11 is 0. The van der Waals surface area contributed by atoms with Gasteiger partial charge in [-0.2, -0.15) is 0 Å². The number of alkyl carbamates (subject to hydrolysis) is 1. The average Bonchev–Trinajstić information content (AvgIpc) is 2.75. The summed E-state index contributed by atoms with van der Waals surface area (Å²) in [5.74, 6) is -1.01. The highest BCUT2D eigenvalue weighted by molar-refractivity contribution is 5.70. The number of aliphatic hydroxyl groups is 3. The van der Waals surface area contributed by atoms with Crippen LogP contribution in [0.25, 0.3) is 0 Å². The minimum absolute atomic E-state index is 0.0130. The fraction of sp³-hybridized carbons (Fsp3) is 0.889. The van der Waals surface area contributed by atoms with Crippen molar-refractivity contribution >= 4 is 12.1 Å². The minimum atomic E-state index is -1.01. The first-order valence-electron chi connectivity index (χ1n) is 9.62. The number of aliphatic carboxylic acids is 1. The van der Waals surface area contributed by atoms with Gasteiger partial charge >= 0.3 is 12.1 Å². The molecular weight excluding hydrogens is 406 g/mol. The van der Waals surface area contributed by atoms with Gasteiger partial charge < -0.3 is 49.4 Å². The minimum Gasteiger partial charge on any atom is -0.481 e. The molecule has 4 unspecified atom stereocenters. The largest absolute Gasteiger partial charge is 0.481 e. The topological polar surface area (TPSA) is 173 Å². The molecule has 0 spiro atoms. The molecule has 5 N–H and O–H groups in total. The van der Waals surface area contributed by atoms with E-state index in [0.717, 1.165) is 0 Å². The summed E-state index contributed by atoms with van der Waals surface area (Å²) in [4.78, 5) is 21.4. The lowest BCUT2D eigenvalue weighted by Crippen LogP contribution is -2.34. The predicted octanol–water partition coefficient (Wildman–Crippen LogP) is -0.314. The molecule has 0 fully saturated rings. The Morgan fingerprint density at radius 2 is 1.37 bits per heavy atom. The Balaban J connectivity index is 0. The van der Waals surface area contributed by atoms with Crippen molar-refractivity contribution in [3.05, 3.63) is 0 Å². The average molecular weight is 443 g/mol. The number of carbonyl (C=O) groups excluding carboxylic acids is 1. The SMILES string of the molecule is CCC(CO)OC(CO)OC.CCC(CO)OC(COC(=O)NCCC(=O)O)OC. The van der Waals surface area contributed by atoms with Crippen LogP contribution in [0.5, 0.6) is 0 Å². The number of hydrogen-bond donors (Lipinski definition) is 5. The van der Waals surface area contributed by atoms with Gasteiger partial charge in [0, 0.05) is 20.8 Å². The first kappa shape index (κ1) is 30.7. The van der Waals surface area contributed by atoms with Crippen LogP contribution >= 0.6 is 0 Å². The molecule has 0 aliphatic carbocycles. The number of methoxy groups -OCH3 is 2. The molecule has 4 atom stereocenters. The van der Waals surface area contributed by atoms with Gasteiger partial charge in [-0.1, -0.05) is 13.8 Å². The Morgan fingerprint density at radius 3 is 1.73 bits per heavy atom. The summed E-state index contributed by atoms with van der Waals surface area (Å²) in [6.07, 6.45) is -1.65. The van der Waals surface area contributed by atoms with Crippen LogP contribution < -0.4 is 5.32 Å². The molecule has 0 saturated heterocycles. The van der Waals surface area contributed by atoms with E-state index in [2.05, 4.69) is 5.32 Å². The fourth-order valence-corrected chi connectivity index (χ4v) is 1.77. The Hall–Kier alpha value is -1.54. The molecule has 0 aromatic heterocycles. The molecule has 0 aliphatic heterocycles. The van der Waals surface area contributed by atoms with Gasteiger partial charge in [0.2, 0.25) is 0 Å². The zero-order valence-electron chi connectivity index (χ0n) is 18.1. The predicted molar refractivity (Wildman–Crippen MR) is 105 cm³/mol. The maximum Gasteiger partial charge on any atom is 0.407 e. The molecule has 0 aliphatic rings. The van der Waals surface area contributed by atoms with Gasteiger partial charge in [0.05, 0.1) is 38.4 Å². The second-order valence-corrected chi connectivity index (χ2v) is 5.88. The number of rotatable bonds is 16. The van der Waals surface area contributed by atoms with E-state index in [0.29, 0.717) is 12.8 Å². The molecule has 1 amide bonds. The molecule has 12 heteroatoms. The Kier molecular flexibility index (Phi) is 21.2. The number of carboxylic acid groups (broad SMARTS) is 1. The second-order valence-electron chi connectivity index (χ2n) is 5.88. The smallest absolute Gasteiger partial charge is 0.407 e. The first-order chi connectivity index (χ1) is 14.3. The number of ether oxygens (including phenoxy) is 5. The van der Waals surface area contributed by atoms with Crippen LogP contribution in [0.15, 0.2) is 0 Å². The van der Waals surface area contributed by atoms with Crippen molar-refractivity contribution in [1.29, 1.82) is 0 Å². The van der Waals surface area contributed by atoms with Crippen molar-refractivity contribution in [3.63, 3.8) is 0 Å². The molecule has 0 rings (SSSR count). The third-order valence-corrected chi connectivity index (χ3v) is 3.64. The molecule has 180 valence electrons. The van der Waals surface area contributed by atoms with Crippen molar-refractivity contribution in [2.45, 2.75) is 57.9 Å². The highest BCUT2D eigenvalue weighted by atomic mass is 16.7. The number of amides is 1. The van der Waals surface area contributed by atoms with Gasteiger partial charge in [-0.05, 0) is 12.8 Å². The zero-order chi connectivity index (χ0) is 23.4. The standard InChI is InChI=1S/C11H21NO7.C7H16O4/c1-3-8(6-13)19-10(17-2)7-18-11(16)12-5-4-9(14)15;1-3-6(4-8)11-7(5-9)10-2/h8,10,13H,3-7H2,1-2H3,(H,12,16)(H,14,15);6-9H,3-5H2,1-2H3. The van der Waals surface area contributed by atoms with Crippen molar-refractivity contribution < 1.29 is 53.7 Å². The molecule has 0 radical (unpaired) electrons. The normalized spacial score (nSPS) is 14.6. The first-order valence-corrected chi connectivity index (χ1v) is 9.62. The van der Waals surface area contributed by atoms with E-state index in [9.17, 15) is 9.59 Å². The Bertz CT molecular complexity index is 403. The van der Waals surface area contributed by atoms with Crippen LogP contribution in [0, 0.1) is 0 Å². The summed E-state index contributed by atoms with van der Waals surface area (Å²) in [6, 6.07) is 0. The quantitative estimate of drug-likeness (QED) is 0.198. The van der Waals surface area contributed by atoms with Gasteiger partial charge in [0.1, 0.15) is 6.61 Å². The Labute approximate surface area is 177 Å². The van der Waals surface area contributed by atoms with E-state index in [1.165, 1.54) is 14.2 Å². The molecule has 0 aromatic rings. The number of nitrogens with one attached hydrogen (secondary N) is 1. The fourth-order valence-electron chi connectivity index (χ4n) is 1.77. The third kappa shape index (κ3) is 17.3. The highest BCUT2D eigenvalue weighted by Gasteiger charge is 2.16. The van der Waals surface area contributed by atoms with E-state index >= 15 is 0 Å². The van der Waals surface area contributed by atoms with Crippen LogP contribution in [0.2, 0.25) is 0 Å². The summed E-state index contributed by atoms with van der Waals surface area (Å²) in [7, 11) is 2.84. The summed E-state index contributed by atoms with van der Waals surface area (Å²) < 4.78 is 24.9. The van der Waals surface area contributed by atoms with Gasteiger partial charge in [0.25, 0.3) is 0 Å². The zero-order valence-corrected chi connectivity index (χ0v) is 18.1. The second kappa shape index (κ2) is 20.7. The number of carboxylic acids is 1. The van der Waals surface area contributed by atoms with Crippen LogP contribution in [0.4, 0.5) is 4.79 Å². The Morgan fingerprint density at radius 1 is 0.867 bits per heavy atom. The van der Waals surface area contributed by atoms with Crippen LogP contribution in [-0.2, 0) is 28.5 Å². The molecule has 0 heterocycles. The van der Waals surface area contributed by atoms with Crippen molar-refractivity contribution in [2.75, 3.05) is 47.2 Å². The number of carbonyl (C=O) groups is 2. The van der Waals surface area contributed by atoms with Crippen molar-refractivity contribution in [3.8, 4) is 0 Å². The van der Waals surface area contributed by atoms with E-state index in [1.54, 1.807) is 0 Å². The lowest BCUT2D eigenvalue weighted by Gasteiger charge is -2.21. The lowest BCUT2D eigenvalue weighted by atomic mass is 10.3. The van der Waals surface area contributed by atoms with Crippen molar-refractivity contribution in [1.82, 2.24) is 5.32 Å². The highest BCUT2D eigenvalue weighted by Crippen LogP contribution is 2.04. The van der Waals surface area contributed by atoms with Gasteiger partial charge in [-0.3, -0.25) is 4.79 Å². The third-order valence-electron chi connectivity index (χ3n) is 3.64. The van der Waals surface area contributed by atoms with Crippen LogP contribution in [-0.4, -0.2) is 104 Å². The van der Waals surface area contributed by atoms with Gasteiger partial charge in [0.15, 0.2) is 12.6 Å². The van der Waals surface area contributed by atoms with Crippen LogP contribution in [0.3, 0.4) is 0 Å². The van der Waals surface area contributed by atoms with E-state index < -0.39 is 24.6 Å². The van der Waals surface area contributed by atoms with E-state index in [1.807, 2.05) is 13.8 Å². The molecule has 0 aromatic carbocycles. The maximum absolute atomic E-state index is 11.2. The number of aliphatic hydroxyl groups excluding tert-OH is 3. The van der Waals surface area contributed by atoms with E-state index in [4.69, 9.17) is 44.1 Å². The summed E-state index contributed by atoms with van der Waals surface area (Å²) in [5.41, 5.74) is 0. The number of hydrogen-bond acceptors (Lipinski definition) is 10. The van der Waals surface area contributed by atoms with Gasteiger partial charge in [-0.25, -0.2) is 4.79 Å². The maximum atomic E-state index is 11.2. The van der Waals surface area contributed by atoms with Gasteiger partial charge in [-0.15, -0.1) is 0 Å². The van der Waals surface area contributed by atoms with Crippen molar-refractivity contribution in [2.24, 2.45) is 0 Å². The molecule has 0 bridgehead atoms.